The van der Waals surface area contributed by atoms with Crippen LogP contribution in [0.3, 0.4) is 0 Å². The standard InChI is InChI=1S/C7H6F2IN/c1-4-2-5(6(8)9)3-11-7(4)10/h2-3,6H,1H3. The second-order valence-corrected chi connectivity index (χ2v) is 3.20. The van der Waals surface area contributed by atoms with Gasteiger partial charge in [0.05, 0.1) is 0 Å². The fraction of sp³-hybridized carbons (Fsp3) is 0.286. The Hall–Kier alpha value is -0.260. The van der Waals surface area contributed by atoms with Crippen LogP contribution in [0.15, 0.2) is 12.3 Å². The van der Waals surface area contributed by atoms with Crippen LogP contribution in [0.25, 0.3) is 0 Å². The Morgan fingerprint density at radius 3 is 2.64 bits per heavy atom. The van der Waals surface area contributed by atoms with Crippen molar-refractivity contribution in [2.45, 2.75) is 13.3 Å². The molecule has 0 unspecified atom stereocenters. The quantitative estimate of drug-likeness (QED) is 0.564. The smallest absolute Gasteiger partial charge is 0.250 e. The molecule has 11 heavy (non-hydrogen) atoms. The summed E-state index contributed by atoms with van der Waals surface area (Å²) >= 11 is 2.01. The molecule has 0 saturated heterocycles. The molecule has 0 aliphatic heterocycles. The first-order chi connectivity index (χ1) is 5.11. The third-order valence-electron chi connectivity index (χ3n) is 1.29. The van der Waals surface area contributed by atoms with Crippen molar-refractivity contribution in [3.05, 3.63) is 27.1 Å². The minimum atomic E-state index is -2.42. The second kappa shape index (κ2) is 3.42. The van der Waals surface area contributed by atoms with Gasteiger partial charge in [-0.3, -0.25) is 0 Å². The van der Waals surface area contributed by atoms with Crippen molar-refractivity contribution in [2.24, 2.45) is 0 Å². The van der Waals surface area contributed by atoms with Crippen LogP contribution in [0.5, 0.6) is 0 Å². The topological polar surface area (TPSA) is 12.9 Å². The Kier molecular flexibility index (Phi) is 2.75. The van der Waals surface area contributed by atoms with Crippen molar-refractivity contribution in [3.63, 3.8) is 0 Å². The summed E-state index contributed by atoms with van der Waals surface area (Å²) in [6.07, 6.45) is -1.21. The van der Waals surface area contributed by atoms with E-state index in [1.807, 2.05) is 22.6 Å². The van der Waals surface area contributed by atoms with Gasteiger partial charge in [0.25, 0.3) is 6.43 Å². The molecule has 1 nitrogen and oxygen atoms in total. The highest BCUT2D eigenvalue weighted by Crippen LogP contribution is 2.20. The second-order valence-electron chi connectivity index (χ2n) is 2.18. The number of aromatic nitrogens is 1. The Labute approximate surface area is 77.0 Å². The lowest BCUT2D eigenvalue weighted by molar-refractivity contribution is 0.151. The molecule has 0 saturated carbocycles. The van der Waals surface area contributed by atoms with Gasteiger partial charge in [0, 0.05) is 11.8 Å². The third-order valence-corrected chi connectivity index (χ3v) is 2.42. The fourth-order valence-corrected chi connectivity index (χ4v) is 0.994. The number of hydrogen-bond donors (Lipinski definition) is 0. The average molecular weight is 269 g/mol. The van der Waals surface area contributed by atoms with Gasteiger partial charge in [-0.25, -0.2) is 13.8 Å². The van der Waals surface area contributed by atoms with Crippen LogP contribution in [0.1, 0.15) is 17.6 Å². The maximum atomic E-state index is 12.0. The van der Waals surface area contributed by atoms with Crippen molar-refractivity contribution in [1.29, 1.82) is 0 Å². The summed E-state index contributed by atoms with van der Waals surface area (Å²) in [7, 11) is 0. The summed E-state index contributed by atoms with van der Waals surface area (Å²) in [5, 5.41) is 0. The van der Waals surface area contributed by atoms with Gasteiger partial charge >= 0.3 is 0 Å². The minimum absolute atomic E-state index is 0.0112. The van der Waals surface area contributed by atoms with E-state index in [0.717, 1.165) is 9.26 Å². The molecule has 0 aliphatic rings. The summed E-state index contributed by atoms with van der Waals surface area (Å²) in [6, 6.07) is 1.46. The molecule has 0 N–H and O–H groups in total. The maximum Gasteiger partial charge on any atom is 0.265 e. The number of halogens is 3. The van der Waals surface area contributed by atoms with Crippen molar-refractivity contribution in [1.82, 2.24) is 4.98 Å². The lowest BCUT2D eigenvalue weighted by atomic mass is 10.2. The SMILES string of the molecule is Cc1cc(C(F)F)cnc1I. The molecule has 4 heteroatoms. The van der Waals surface area contributed by atoms with Crippen LogP contribution in [0, 0.1) is 10.6 Å². The lowest BCUT2D eigenvalue weighted by Crippen LogP contribution is -1.91. The molecule has 60 valence electrons. The molecular formula is C7H6F2IN. The zero-order valence-electron chi connectivity index (χ0n) is 5.81. The Bertz CT molecular complexity index is 263. The first-order valence-electron chi connectivity index (χ1n) is 3.01. The largest absolute Gasteiger partial charge is 0.265 e. The summed E-state index contributed by atoms with van der Waals surface area (Å²) in [6.45, 7) is 1.76. The van der Waals surface area contributed by atoms with Crippen molar-refractivity contribution < 1.29 is 8.78 Å². The zero-order valence-corrected chi connectivity index (χ0v) is 7.97. The minimum Gasteiger partial charge on any atom is -0.250 e. The molecule has 0 atom stereocenters. The van der Waals surface area contributed by atoms with Crippen molar-refractivity contribution >= 4 is 22.6 Å². The molecular weight excluding hydrogens is 263 g/mol. The van der Waals surface area contributed by atoms with Crippen LogP contribution in [0.2, 0.25) is 0 Å². The predicted octanol–water partition coefficient (Wildman–Crippen LogP) is 2.93. The number of hydrogen-bond acceptors (Lipinski definition) is 1. The first-order valence-corrected chi connectivity index (χ1v) is 4.09. The van der Waals surface area contributed by atoms with Crippen molar-refractivity contribution in [3.8, 4) is 0 Å². The molecule has 1 heterocycles. The maximum absolute atomic E-state index is 12.0. The summed E-state index contributed by atoms with van der Waals surface area (Å²) < 4.78 is 24.8. The van der Waals surface area contributed by atoms with Gasteiger partial charge in [-0.1, -0.05) is 0 Å². The number of aryl methyl sites for hydroxylation is 1. The summed E-state index contributed by atoms with van der Waals surface area (Å²) in [4.78, 5) is 3.81. The molecule has 1 aromatic rings. The van der Waals surface area contributed by atoms with Gasteiger partial charge in [-0.05, 0) is 41.1 Å². The Morgan fingerprint density at radius 1 is 1.55 bits per heavy atom. The summed E-state index contributed by atoms with van der Waals surface area (Å²) in [5.74, 6) is 0. The van der Waals surface area contributed by atoms with E-state index < -0.39 is 6.43 Å². The Balaban J connectivity index is 3.05. The van der Waals surface area contributed by atoms with E-state index in [-0.39, 0.29) is 5.56 Å². The van der Waals surface area contributed by atoms with Crippen LogP contribution < -0.4 is 0 Å². The molecule has 1 aromatic heterocycles. The van der Waals surface area contributed by atoms with E-state index in [2.05, 4.69) is 4.98 Å². The molecule has 1 rings (SSSR count). The summed E-state index contributed by atoms with van der Waals surface area (Å²) in [5.41, 5.74) is 0.784. The van der Waals surface area contributed by atoms with Gasteiger partial charge in [0.15, 0.2) is 0 Å². The van der Waals surface area contributed by atoms with E-state index in [4.69, 9.17) is 0 Å². The zero-order chi connectivity index (χ0) is 8.43. The predicted molar refractivity (Wildman–Crippen MR) is 46.6 cm³/mol. The molecule has 0 aromatic carbocycles. The number of nitrogens with zero attached hydrogens (tertiary/aromatic N) is 1. The molecule has 0 fully saturated rings. The van der Waals surface area contributed by atoms with Crippen LogP contribution in [-0.2, 0) is 0 Å². The normalized spacial score (nSPS) is 10.6. The van der Waals surface area contributed by atoms with Gasteiger partial charge in [-0.15, -0.1) is 0 Å². The van der Waals surface area contributed by atoms with Gasteiger partial charge in [0.1, 0.15) is 3.70 Å². The van der Waals surface area contributed by atoms with E-state index in [0.29, 0.717) is 0 Å². The number of alkyl halides is 2. The lowest BCUT2D eigenvalue weighted by Gasteiger charge is -2.00. The molecule has 0 spiro atoms. The highest BCUT2D eigenvalue weighted by atomic mass is 127. The van der Waals surface area contributed by atoms with Crippen LogP contribution >= 0.6 is 22.6 Å². The fourth-order valence-electron chi connectivity index (χ4n) is 0.699. The molecule has 0 bridgehead atoms. The average Bonchev–Trinajstić information content (AvgIpc) is 1.94. The molecule has 0 amide bonds. The molecule has 0 radical (unpaired) electrons. The first kappa shape index (κ1) is 8.83. The van der Waals surface area contributed by atoms with Crippen LogP contribution in [-0.4, -0.2) is 4.98 Å². The number of pyridine rings is 1. The van der Waals surface area contributed by atoms with Crippen LogP contribution in [0.4, 0.5) is 8.78 Å². The monoisotopic (exact) mass is 269 g/mol. The van der Waals surface area contributed by atoms with Crippen molar-refractivity contribution in [2.75, 3.05) is 0 Å². The van der Waals surface area contributed by atoms with E-state index in [1.54, 1.807) is 6.92 Å². The third kappa shape index (κ3) is 2.08. The highest BCUT2D eigenvalue weighted by Gasteiger charge is 2.07. The number of rotatable bonds is 1. The van der Waals surface area contributed by atoms with E-state index in [1.165, 1.54) is 12.3 Å². The van der Waals surface area contributed by atoms with Gasteiger partial charge in [-0.2, -0.15) is 0 Å². The van der Waals surface area contributed by atoms with Gasteiger partial charge < -0.3 is 0 Å². The van der Waals surface area contributed by atoms with E-state index >= 15 is 0 Å². The Morgan fingerprint density at radius 2 is 2.18 bits per heavy atom. The van der Waals surface area contributed by atoms with E-state index in [9.17, 15) is 8.78 Å². The highest BCUT2D eigenvalue weighted by molar-refractivity contribution is 14.1. The van der Waals surface area contributed by atoms with Gasteiger partial charge in [0.2, 0.25) is 0 Å². The molecule has 0 aliphatic carbocycles.